The summed E-state index contributed by atoms with van der Waals surface area (Å²) in [6, 6.07) is 0. The van der Waals surface area contributed by atoms with E-state index in [9.17, 15) is 5.11 Å². The van der Waals surface area contributed by atoms with E-state index in [-0.39, 0.29) is 5.41 Å². The van der Waals surface area contributed by atoms with E-state index in [0.29, 0.717) is 6.61 Å². The summed E-state index contributed by atoms with van der Waals surface area (Å²) in [4.78, 5) is 2.38. The normalized spacial score (nSPS) is 36.4. The maximum atomic E-state index is 9.66. The van der Waals surface area contributed by atoms with Crippen molar-refractivity contribution in [1.29, 1.82) is 0 Å². The van der Waals surface area contributed by atoms with E-state index < -0.39 is 0 Å². The van der Waals surface area contributed by atoms with Crippen molar-refractivity contribution in [2.75, 3.05) is 26.7 Å². The standard InChI is InChI=1S/C12H23NO/c1-13-8-7-12(9-13,10-14)11-5-3-2-4-6-11/h11,14H,2-10H2,1H3. The molecular weight excluding hydrogens is 174 g/mol. The number of likely N-dealkylation sites (tertiary alicyclic amines) is 1. The van der Waals surface area contributed by atoms with E-state index in [0.717, 1.165) is 12.5 Å². The Balaban J connectivity index is 2.03. The van der Waals surface area contributed by atoms with Crippen LogP contribution in [0.5, 0.6) is 0 Å². The third kappa shape index (κ3) is 1.82. The molecule has 1 atom stereocenters. The van der Waals surface area contributed by atoms with E-state index in [1.807, 2.05) is 0 Å². The predicted octanol–water partition coefficient (Wildman–Crippen LogP) is 1.88. The fourth-order valence-corrected chi connectivity index (χ4v) is 3.42. The maximum Gasteiger partial charge on any atom is 0.0502 e. The Hall–Kier alpha value is -0.0800. The van der Waals surface area contributed by atoms with Crippen LogP contribution in [0.15, 0.2) is 0 Å². The lowest BCUT2D eigenvalue weighted by Gasteiger charge is -2.38. The minimum atomic E-state index is 0.259. The molecule has 14 heavy (non-hydrogen) atoms. The van der Waals surface area contributed by atoms with Crippen LogP contribution in [-0.2, 0) is 0 Å². The molecule has 2 heteroatoms. The lowest BCUT2D eigenvalue weighted by Crippen LogP contribution is -2.38. The summed E-state index contributed by atoms with van der Waals surface area (Å²) in [6.45, 7) is 2.70. The van der Waals surface area contributed by atoms with Gasteiger partial charge < -0.3 is 10.0 Å². The van der Waals surface area contributed by atoms with Crippen molar-refractivity contribution in [2.24, 2.45) is 11.3 Å². The Labute approximate surface area is 87.3 Å². The zero-order valence-corrected chi connectivity index (χ0v) is 9.34. The molecule has 2 nitrogen and oxygen atoms in total. The molecule has 0 aromatic heterocycles. The second kappa shape index (κ2) is 4.19. The highest BCUT2D eigenvalue weighted by atomic mass is 16.3. The monoisotopic (exact) mass is 197 g/mol. The summed E-state index contributed by atoms with van der Waals surface area (Å²) in [6.07, 6.45) is 8.10. The largest absolute Gasteiger partial charge is 0.396 e. The number of aliphatic hydroxyl groups is 1. The summed E-state index contributed by atoms with van der Waals surface area (Å²) in [7, 11) is 2.18. The molecule has 0 aromatic rings. The number of aliphatic hydroxyl groups excluding tert-OH is 1. The molecule has 1 N–H and O–H groups in total. The molecule has 0 spiro atoms. The van der Waals surface area contributed by atoms with Crippen LogP contribution >= 0.6 is 0 Å². The summed E-state index contributed by atoms with van der Waals surface area (Å²) < 4.78 is 0. The highest BCUT2D eigenvalue weighted by Gasteiger charge is 2.42. The zero-order chi connectivity index (χ0) is 10.0. The van der Waals surface area contributed by atoms with Crippen LogP contribution < -0.4 is 0 Å². The molecule has 0 aromatic carbocycles. The van der Waals surface area contributed by atoms with Gasteiger partial charge >= 0.3 is 0 Å². The van der Waals surface area contributed by atoms with E-state index in [2.05, 4.69) is 11.9 Å². The predicted molar refractivity (Wildman–Crippen MR) is 58.2 cm³/mol. The van der Waals surface area contributed by atoms with Crippen molar-refractivity contribution < 1.29 is 5.11 Å². The van der Waals surface area contributed by atoms with Crippen molar-refractivity contribution in [2.45, 2.75) is 38.5 Å². The van der Waals surface area contributed by atoms with Gasteiger partial charge in [0.1, 0.15) is 0 Å². The lowest BCUT2D eigenvalue weighted by atomic mass is 9.68. The molecule has 1 saturated heterocycles. The molecule has 2 fully saturated rings. The van der Waals surface area contributed by atoms with Gasteiger partial charge in [-0.1, -0.05) is 19.3 Å². The average Bonchev–Trinajstić information content (AvgIpc) is 2.63. The Kier molecular flexibility index (Phi) is 3.13. The average molecular weight is 197 g/mol. The molecule has 1 unspecified atom stereocenters. The summed E-state index contributed by atoms with van der Waals surface area (Å²) in [5, 5.41) is 9.66. The summed E-state index contributed by atoms with van der Waals surface area (Å²) >= 11 is 0. The summed E-state index contributed by atoms with van der Waals surface area (Å²) in [5.74, 6) is 0.797. The van der Waals surface area contributed by atoms with Crippen LogP contribution in [0.3, 0.4) is 0 Å². The van der Waals surface area contributed by atoms with Crippen LogP contribution in [-0.4, -0.2) is 36.8 Å². The smallest absolute Gasteiger partial charge is 0.0502 e. The van der Waals surface area contributed by atoms with Gasteiger partial charge in [0.15, 0.2) is 0 Å². The second-order valence-electron chi connectivity index (χ2n) is 5.34. The molecular formula is C12H23NO. The van der Waals surface area contributed by atoms with Gasteiger partial charge in [-0.2, -0.15) is 0 Å². The first-order valence-electron chi connectivity index (χ1n) is 6.06. The molecule has 1 aliphatic carbocycles. The molecule has 1 heterocycles. The quantitative estimate of drug-likeness (QED) is 0.730. The zero-order valence-electron chi connectivity index (χ0n) is 9.34. The number of nitrogens with zero attached hydrogens (tertiary/aromatic N) is 1. The van der Waals surface area contributed by atoms with Gasteiger partial charge in [0.25, 0.3) is 0 Å². The van der Waals surface area contributed by atoms with Gasteiger partial charge in [0, 0.05) is 12.0 Å². The third-order valence-electron chi connectivity index (χ3n) is 4.36. The van der Waals surface area contributed by atoms with E-state index in [1.165, 1.54) is 45.1 Å². The summed E-state index contributed by atoms with van der Waals surface area (Å²) in [5.41, 5.74) is 0.259. The van der Waals surface area contributed by atoms with Gasteiger partial charge in [-0.3, -0.25) is 0 Å². The molecule has 0 amide bonds. The van der Waals surface area contributed by atoms with Crippen LogP contribution in [0.25, 0.3) is 0 Å². The fourth-order valence-electron chi connectivity index (χ4n) is 3.42. The van der Waals surface area contributed by atoms with Gasteiger partial charge in [-0.15, -0.1) is 0 Å². The minimum Gasteiger partial charge on any atom is -0.396 e. The van der Waals surface area contributed by atoms with Crippen molar-refractivity contribution in [3.63, 3.8) is 0 Å². The highest BCUT2D eigenvalue weighted by Crippen LogP contribution is 2.44. The van der Waals surface area contributed by atoms with Gasteiger partial charge in [-0.05, 0) is 38.8 Å². The van der Waals surface area contributed by atoms with E-state index in [4.69, 9.17) is 0 Å². The maximum absolute atomic E-state index is 9.66. The van der Waals surface area contributed by atoms with Crippen molar-refractivity contribution >= 4 is 0 Å². The first-order valence-corrected chi connectivity index (χ1v) is 6.06. The SMILES string of the molecule is CN1CCC(CO)(C2CCCCC2)C1. The Morgan fingerprint density at radius 3 is 2.50 bits per heavy atom. The Morgan fingerprint density at radius 1 is 1.29 bits per heavy atom. The molecule has 0 radical (unpaired) electrons. The number of hydrogen-bond acceptors (Lipinski definition) is 2. The molecule has 2 aliphatic rings. The first-order chi connectivity index (χ1) is 6.77. The molecule has 0 bridgehead atoms. The topological polar surface area (TPSA) is 23.5 Å². The molecule has 2 rings (SSSR count). The highest BCUT2D eigenvalue weighted by molar-refractivity contribution is 4.94. The Morgan fingerprint density at radius 2 is 2.00 bits per heavy atom. The van der Waals surface area contributed by atoms with Gasteiger partial charge in [-0.25, -0.2) is 0 Å². The second-order valence-corrected chi connectivity index (χ2v) is 5.34. The number of rotatable bonds is 2. The molecule has 1 saturated carbocycles. The lowest BCUT2D eigenvalue weighted by molar-refractivity contribution is 0.0494. The van der Waals surface area contributed by atoms with Crippen molar-refractivity contribution in [1.82, 2.24) is 4.90 Å². The Bertz CT molecular complexity index is 189. The van der Waals surface area contributed by atoms with Crippen LogP contribution in [0, 0.1) is 11.3 Å². The van der Waals surface area contributed by atoms with Crippen molar-refractivity contribution in [3.8, 4) is 0 Å². The van der Waals surface area contributed by atoms with Crippen LogP contribution in [0.2, 0.25) is 0 Å². The molecule has 82 valence electrons. The van der Waals surface area contributed by atoms with E-state index in [1.54, 1.807) is 0 Å². The van der Waals surface area contributed by atoms with E-state index >= 15 is 0 Å². The number of hydrogen-bond donors (Lipinski definition) is 1. The van der Waals surface area contributed by atoms with Gasteiger partial charge in [0.05, 0.1) is 6.61 Å². The fraction of sp³-hybridized carbons (Fsp3) is 1.00. The first kappa shape index (κ1) is 10.4. The van der Waals surface area contributed by atoms with Gasteiger partial charge in [0.2, 0.25) is 0 Å². The van der Waals surface area contributed by atoms with Crippen molar-refractivity contribution in [3.05, 3.63) is 0 Å². The van der Waals surface area contributed by atoms with Crippen LogP contribution in [0.1, 0.15) is 38.5 Å². The third-order valence-corrected chi connectivity index (χ3v) is 4.36. The van der Waals surface area contributed by atoms with Crippen LogP contribution in [0.4, 0.5) is 0 Å². The minimum absolute atomic E-state index is 0.259. The molecule has 1 aliphatic heterocycles.